The minimum Gasteiger partial charge on any atom is -0.493 e. The van der Waals surface area contributed by atoms with Crippen molar-refractivity contribution in [2.45, 2.75) is 57.4 Å². The number of ether oxygens (including phenoxy) is 2. The van der Waals surface area contributed by atoms with Crippen LogP contribution >= 0.6 is 23.2 Å². The molecule has 39 heavy (non-hydrogen) atoms. The van der Waals surface area contributed by atoms with E-state index in [1.807, 2.05) is 18.2 Å². The second kappa shape index (κ2) is 11.5. The number of unbranched alkanes of at least 4 members (excludes halogenated alkanes) is 1. The zero-order chi connectivity index (χ0) is 26.9. The predicted octanol–water partition coefficient (Wildman–Crippen LogP) is 6.70. The van der Waals surface area contributed by atoms with Gasteiger partial charge in [-0.2, -0.15) is 0 Å². The molecule has 2 saturated carbocycles. The second-order valence-corrected chi connectivity index (χ2v) is 12.0. The summed E-state index contributed by atoms with van der Waals surface area (Å²) in [4.78, 5) is 28.3. The van der Waals surface area contributed by atoms with Crippen molar-refractivity contribution in [3.63, 3.8) is 0 Å². The number of nitrogens with one attached hydrogen (secondary N) is 1. The highest BCUT2D eigenvalue weighted by molar-refractivity contribution is 6.42. The van der Waals surface area contributed by atoms with Crippen LogP contribution in [0, 0.1) is 11.8 Å². The number of allylic oxidation sites excluding steroid dienone is 2. The number of hydrogen-bond donors (Lipinski definition) is 1. The van der Waals surface area contributed by atoms with E-state index in [4.69, 9.17) is 32.7 Å². The van der Waals surface area contributed by atoms with E-state index in [1.165, 1.54) is 31.3 Å². The number of ketones is 1. The third-order valence-corrected chi connectivity index (χ3v) is 8.90. The highest BCUT2D eigenvalue weighted by atomic mass is 35.5. The summed E-state index contributed by atoms with van der Waals surface area (Å²) < 4.78 is 12.2. The monoisotopic (exact) mass is 568 g/mol. The van der Waals surface area contributed by atoms with E-state index < -0.39 is 0 Å². The van der Waals surface area contributed by atoms with E-state index in [9.17, 15) is 9.59 Å². The number of rotatable bonds is 10. The van der Waals surface area contributed by atoms with Crippen molar-refractivity contribution >= 4 is 34.9 Å². The van der Waals surface area contributed by atoms with Gasteiger partial charge in [-0.25, -0.2) is 0 Å². The Morgan fingerprint density at radius 2 is 1.72 bits per heavy atom. The third-order valence-electron chi connectivity index (χ3n) is 8.16. The molecular formula is C31H34Cl2N2O4. The van der Waals surface area contributed by atoms with Crippen LogP contribution in [-0.2, 0) is 0 Å². The predicted molar refractivity (Wildman–Crippen MR) is 152 cm³/mol. The first-order valence-electron chi connectivity index (χ1n) is 14.2. The largest absolute Gasteiger partial charge is 0.493 e. The molecule has 4 aliphatic rings. The van der Waals surface area contributed by atoms with Crippen LogP contribution in [0.25, 0.3) is 0 Å². The topological polar surface area (TPSA) is 67.9 Å². The Labute approximate surface area is 239 Å². The van der Waals surface area contributed by atoms with E-state index in [-0.39, 0.29) is 17.7 Å². The Hall–Kier alpha value is -2.54. The van der Waals surface area contributed by atoms with Gasteiger partial charge in [0.25, 0.3) is 5.91 Å². The van der Waals surface area contributed by atoms with Crippen LogP contribution < -0.4 is 14.8 Å². The van der Waals surface area contributed by atoms with Gasteiger partial charge >= 0.3 is 0 Å². The van der Waals surface area contributed by atoms with Crippen LogP contribution in [0.2, 0.25) is 10.0 Å². The molecule has 2 aliphatic carbocycles. The molecule has 2 aliphatic heterocycles. The van der Waals surface area contributed by atoms with Gasteiger partial charge in [0, 0.05) is 24.7 Å². The fraction of sp³-hybridized carbons (Fsp3) is 0.484. The first-order chi connectivity index (χ1) is 19.0. The Balaban J connectivity index is 0.933. The van der Waals surface area contributed by atoms with Crippen LogP contribution in [0.5, 0.6) is 11.5 Å². The average Bonchev–Trinajstić information content (AvgIpc) is 3.87. The van der Waals surface area contributed by atoms with E-state index in [1.54, 1.807) is 18.2 Å². The van der Waals surface area contributed by atoms with Crippen LogP contribution in [0.15, 0.2) is 47.7 Å². The third kappa shape index (κ3) is 6.13. The number of fused-ring (bicyclic) bond motifs is 1. The Morgan fingerprint density at radius 3 is 2.41 bits per heavy atom. The SMILES string of the molecule is O=C(NC1CCN(CCCCOc2cccc3c2C(=O)C(=C(C2CC2)C2CC2)O3)CC1)c1ccc(Cl)c(Cl)c1. The molecule has 206 valence electrons. The molecule has 6 rings (SSSR count). The molecule has 0 aromatic heterocycles. The molecule has 1 N–H and O–H groups in total. The van der Waals surface area contributed by atoms with Gasteiger partial charge in [0.15, 0.2) is 5.76 Å². The number of halogens is 2. The Bertz CT molecular complexity index is 1280. The summed E-state index contributed by atoms with van der Waals surface area (Å²) in [5.74, 6) is 2.83. The zero-order valence-corrected chi connectivity index (χ0v) is 23.5. The molecule has 3 fully saturated rings. The van der Waals surface area contributed by atoms with Gasteiger partial charge in [-0.3, -0.25) is 9.59 Å². The number of likely N-dealkylation sites (tertiary alicyclic amines) is 1. The maximum absolute atomic E-state index is 13.3. The van der Waals surface area contributed by atoms with Crippen LogP contribution in [0.3, 0.4) is 0 Å². The minimum absolute atomic E-state index is 0.00326. The lowest BCUT2D eigenvalue weighted by atomic mass is 10.0. The first kappa shape index (κ1) is 26.7. The molecule has 1 amide bonds. The second-order valence-electron chi connectivity index (χ2n) is 11.2. The molecular weight excluding hydrogens is 535 g/mol. The van der Waals surface area contributed by atoms with Gasteiger partial charge in [-0.05, 0) is 106 Å². The lowest BCUT2D eigenvalue weighted by molar-refractivity contribution is 0.0909. The quantitative estimate of drug-likeness (QED) is 0.255. The van der Waals surface area contributed by atoms with Gasteiger partial charge in [0.1, 0.15) is 17.1 Å². The number of Topliss-reactive ketones (excluding diaryl/α,β-unsaturated/α-hetero) is 1. The standard InChI is InChI=1S/C31H34Cl2N2O4/c32-23-11-10-21(18-24(23)33)31(37)34-22-12-15-35(16-13-22)14-1-2-17-38-25-4-3-5-26-28(25)29(36)30(39-26)27(19-6-7-19)20-8-9-20/h3-5,10-11,18-20,22H,1-2,6-9,12-17H2,(H,34,37). The van der Waals surface area contributed by atoms with Gasteiger partial charge in [-0.1, -0.05) is 29.3 Å². The molecule has 2 aromatic rings. The molecule has 2 heterocycles. The van der Waals surface area contributed by atoms with Crippen LogP contribution in [0.1, 0.15) is 72.1 Å². The van der Waals surface area contributed by atoms with Crippen molar-refractivity contribution in [3.05, 3.63) is 68.9 Å². The molecule has 2 aromatic carbocycles. The Kier molecular flexibility index (Phi) is 7.88. The van der Waals surface area contributed by atoms with Crippen molar-refractivity contribution in [3.8, 4) is 11.5 Å². The van der Waals surface area contributed by atoms with Crippen molar-refractivity contribution in [1.29, 1.82) is 0 Å². The molecule has 8 heteroatoms. The van der Waals surface area contributed by atoms with Gasteiger partial charge in [0.2, 0.25) is 5.78 Å². The summed E-state index contributed by atoms with van der Waals surface area (Å²) in [6.07, 6.45) is 8.47. The fourth-order valence-electron chi connectivity index (χ4n) is 5.72. The lowest BCUT2D eigenvalue weighted by Crippen LogP contribution is -2.44. The maximum atomic E-state index is 13.3. The minimum atomic E-state index is -0.112. The molecule has 6 nitrogen and oxygen atoms in total. The van der Waals surface area contributed by atoms with Crippen molar-refractivity contribution in [2.75, 3.05) is 26.2 Å². The van der Waals surface area contributed by atoms with Gasteiger partial charge < -0.3 is 19.7 Å². The maximum Gasteiger partial charge on any atom is 0.251 e. The Morgan fingerprint density at radius 1 is 0.974 bits per heavy atom. The van der Waals surface area contributed by atoms with Gasteiger partial charge in [-0.15, -0.1) is 0 Å². The summed E-state index contributed by atoms with van der Waals surface area (Å²) in [7, 11) is 0. The number of nitrogens with zero attached hydrogens (tertiary/aromatic N) is 1. The number of carbonyl (C=O) groups excluding carboxylic acids is 2. The molecule has 0 radical (unpaired) electrons. The molecule has 0 atom stereocenters. The fourth-order valence-corrected chi connectivity index (χ4v) is 6.02. The molecule has 0 unspecified atom stereocenters. The highest BCUT2D eigenvalue weighted by Gasteiger charge is 2.44. The van der Waals surface area contributed by atoms with E-state index in [0.717, 1.165) is 45.3 Å². The summed E-state index contributed by atoms with van der Waals surface area (Å²) in [6, 6.07) is 10.8. The molecule has 0 spiro atoms. The van der Waals surface area contributed by atoms with Crippen molar-refractivity contribution in [1.82, 2.24) is 10.2 Å². The average molecular weight is 570 g/mol. The summed E-state index contributed by atoms with van der Waals surface area (Å²) in [5, 5.41) is 3.95. The molecule has 0 bridgehead atoms. The number of piperidine rings is 1. The smallest absolute Gasteiger partial charge is 0.251 e. The highest BCUT2D eigenvalue weighted by Crippen LogP contribution is 2.52. The summed E-state index contributed by atoms with van der Waals surface area (Å²) in [6.45, 7) is 3.46. The lowest BCUT2D eigenvalue weighted by Gasteiger charge is -2.32. The molecule has 1 saturated heterocycles. The number of benzene rings is 2. The van der Waals surface area contributed by atoms with Crippen molar-refractivity contribution in [2.24, 2.45) is 11.8 Å². The summed E-state index contributed by atoms with van der Waals surface area (Å²) >= 11 is 12.0. The normalized spacial score (nSPS) is 19.5. The van der Waals surface area contributed by atoms with Gasteiger partial charge in [0.05, 0.1) is 16.7 Å². The van der Waals surface area contributed by atoms with Crippen LogP contribution in [-0.4, -0.2) is 48.9 Å². The number of amides is 1. The summed E-state index contributed by atoms with van der Waals surface area (Å²) in [5.41, 5.74) is 2.39. The van der Waals surface area contributed by atoms with Crippen molar-refractivity contribution < 1.29 is 19.1 Å². The van der Waals surface area contributed by atoms with Crippen LogP contribution in [0.4, 0.5) is 0 Å². The number of hydrogen-bond acceptors (Lipinski definition) is 5. The first-order valence-corrected chi connectivity index (χ1v) is 14.9. The number of carbonyl (C=O) groups is 2. The van der Waals surface area contributed by atoms with E-state index >= 15 is 0 Å². The zero-order valence-electron chi connectivity index (χ0n) is 22.0. The van der Waals surface area contributed by atoms with E-state index in [2.05, 4.69) is 10.2 Å². The van der Waals surface area contributed by atoms with E-state index in [0.29, 0.717) is 56.9 Å².